The highest BCUT2D eigenvalue weighted by molar-refractivity contribution is 6.32. The molecule has 0 aliphatic carbocycles. The Balaban J connectivity index is 2.81. The highest BCUT2D eigenvalue weighted by Crippen LogP contribution is 2.25. The molecule has 4 heteroatoms. The van der Waals surface area contributed by atoms with Gasteiger partial charge in [0.05, 0.1) is 5.02 Å². The SMILES string of the molecule is CC(C)CC(C)(CN)Nc1ncccc1Cl. The summed E-state index contributed by atoms with van der Waals surface area (Å²) in [5.74, 6) is 1.28. The molecule has 0 aliphatic heterocycles. The number of hydrogen-bond donors (Lipinski definition) is 2. The van der Waals surface area contributed by atoms with Crippen LogP contribution in [0.4, 0.5) is 5.82 Å². The van der Waals surface area contributed by atoms with Gasteiger partial charge in [-0.3, -0.25) is 0 Å². The number of rotatable bonds is 5. The molecule has 1 heterocycles. The summed E-state index contributed by atoms with van der Waals surface area (Å²) in [5, 5.41) is 3.97. The van der Waals surface area contributed by atoms with Crippen molar-refractivity contribution >= 4 is 17.4 Å². The Bertz CT molecular complexity index is 341. The van der Waals surface area contributed by atoms with Gasteiger partial charge in [0.15, 0.2) is 0 Å². The third-order valence-electron chi connectivity index (χ3n) is 2.49. The monoisotopic (exact) mass is 241 g/mol. The number of pyridine rings is 1. The van der Waals surface area contributed by atoms with Gasteiger partial charge in [-0.2, -0.15) is 0 Å². The topological polar surface area (TPSA) is 50.9 Å². The number of anilines is 1. The summed E-state index contributed by atoms with van der Waals surface area (Å²) in [5.41, 5.74) is 5.66. The fourth-order valence-electron chi connectivity index (χ4n) is 1.85. The van der Waals surface area contributed by atoms with E-state index in [9.17, 15) is 0 Å². The smallest absolute Gasteiger partial charge is 0.145 e. The lowest BCUT2D eigenvalue weighted by molar-refractivity contribution is 0.406. The van der Waals surface area contributed by atoms with Gasteiger partial charge < -0.3 is 11.1 Å². The number of hydrogen-bond acceptors (Lipinski definition) is 3. The maximum absolute atomic E-state index is 6.06. The number of nitrogens with one attached hydrogen (secondary N) is 1. The van der Waals surface area contributed by atoms with Crippen molar-refractivity contribution in [3.8, 4) is 0 Å². The van der Waals surface area contributed by atoms with Gasteiger partial charge in [0, 0.05) is 18.3 Å². The summed E-state index contributed by atoms with van der Waals surface area (Å²) in [6.07, 6.45) is 2.71. The molecule has 3 nitrogen and oxygen atoms in total. The van der Waals surface area contributed by atoms with Crippen molar-refractivity contribution in [1.29, 1.82) is 0 Å². The highest BCUT2D eigenvalue weighted by Gasteiger charge is 2.24. The van der Waals surface area contributed by atoms with Crippen LogP contribution < -0.4 is 11.1 Å². The van der Waals surface area contributed by atoms with Crippen LogP contribution in [0.1, 0.15) is 27.2 Å². The minimum absolute atomic E-state index is 0.161. The molecule has 1 atom stereocenters. The van der Waals surface area contributed by atoms with Crippen LogP contribution >= 0.6 is 11.6 Å². The summed E-state index contributed by atoms with van der Waals surface area (Å²) < 4.78 is 0. The lowest BCUT2D eigenvalue weighted by atomic mass is 9.91. The Labute approximate surface area is 102 Å². The van der Waals surface area contributed by atoms with Gasteiger partial charge in [0.1, 0.15) is 5.82 Å². The molecule has 16 heavy (non-hydrogen) atoms. The van der Waals surface area contributed by atoms with E-state index in [1.165, 1.54) is 0 Å². The second kappa shape index (κ2) is 5.51. The van der Waals surface area contributed by atoms with Crippen LogP contribution in [0.25, 0.3) is 0 Å². The first-order chi connectivity index (χ1) is 7.47. The molecule has 0 amide bonds. The Morgan fingerprint density at radius 3 is 2.75 bits per heavy atom. The maximum Gasteiger partial charge on any atom is 0.145 e. The van der Waals surface area contributed by atoms with Gasteiger partial charge >= 0.3 is 0 Å². The molecule has 0 saturated heterocycles. The molecule has 90 valence electrons. The van der Waals surface area contributed by atoms with E-state index in [4.69, 9.17) is 17.3 Å². The number of halogens is 1. The summed E-state index contributed by atoms with van der Waals surface area (Å²) in [6.45, 7) is 7.00. The second-order valence-corrected chi connectivity index (χ2v) is 5.23. The first kappa shape index (κ1) is 13.3. The van der Waals surface area contributed by atoms with Crippen LogP contribution in [0.15, 0.2) is 18.3 Å². The number of nitrogens with zero attached hydrogens (tertiary/aromatic N) is 1. The molecular weight excluding hydrogens is 222 g/mol. The predicted octanol–water partition coefficient (Wildman–Crippen LogP) is 2.91. The standard InChI is InChI=1S/C12H20ClN3/c1-9(2)7-12(3,8-14)16-11-10(13)5-4-6-15-11/h4-6,9H,7-8,14H2,1-3H3,(H,15,16). The van der Waals surface area contributed by atoms with E-state index in [2.05, 4.69) is 31.1 Å². The van der Waals surface area contributed by atoms with Crippen molar-refractivity contribution in [2.45, 2.75) is 32.7 Å². The summed E-state index contributed by atoms with van der Waals surface area (Å²) in [7, 11) is 0. The molecule has 0 fully saturated rings. The Morgan fingerprint density at radius 1 is 1.56 bits per heavy atom. The van der Waals surface area contributed by atoms with Crippen molar-refractivity contribution in [3.63, 3.8) is 0 Å². The van der Waals surface area contributed by atoms with Crippen LogP contribution in [0.2, 0.25) is 5.02 Å². The minimum Gasteiger partial charge on any atom is -0.362 e. The summed E-state index contributed by atoms with van der Waals surface area (Å²) in [4.78, 5) is 4.22. The number of aromatic nitrogens is 1. The molecule has 1 aromatic rings. The van der Waals surface area contributed by atoms with Gasteiger partial charge in [-0.25, -0.2) is 4.98 Å². The minimum atomic E-state index is -0.161. The van der Waals surface area contributed by atoms with Crippen LogP contribution in [0, 0.1) is 5.92 Å². The zero-order valence-electron chi connectivity index (χ0n) is 10.1. The second-order valence-electron chi connectivity index (χ2n) is 4.82. The van der Waals surface area contributed by atoms with Crippen molar-refractivity contribution in [2.75, 3.05) is 11.9 Å². The predicted molar refractivity (Wildman–Crippen MR) is 69.8 cm³/mol. The van der Waals surface area contributed by atoms with Crippen LogP contribution in [0.5, 0.6) is 0 Å². The lowest BCUT2D eigenvalue weighted by Gasteiger charge is -2.32. The van der Waals surface area contributed by atoms with Gasteiger partial charge in [0.2, 0.25) is 0 Å². The molecule has 1 aromatic heterocycles. The van der Waals surface area contributed by atoms with Crippen molar-refractivity contribution < 1.29 is 0 Å². The average molecular weight is 242 g/mol. The average Bonchev–Trinajstić information content (AvgIpc) is 2.20. The first-order valence-electron chi connectivity index (χ1n) is 5.55. The quantitative estimate of drug-likeness (QED) is 0.834. The molecule has 0 aromatic carbocycles. The molecule has 0 aliphatic rings. The van der Waals surface area contributed by atoms with E-state index in [0.717, 1.165) is 6.42 Å². The molecule has 0 spiro atoms. The molecule has 0 bridgehead atoms. The van der Waals surface area contributed by atoms with Gasteiger partial charge in [0.25, 0.3) is 0 Å². The molecule has 1 rings (SSSR count). The highest BCUT2D eigenvalue weighted by atomic mass is 35.5. The zero-order valence-corrected chi connectivity index (χ0v) is 10.9. The fourth-order valence-corrected chi connectivity index (χ4v) is 2.02. The van der Waals surface area contributed by atoms with Crippen LogP contribution in [-0.4, -0.2) is 17.1 Å². The zero-order chi connectivity index (χ0) is 12.2. The molecule has 0 radical (unpaired) electrons. The van der Waals surface area contributed by atoms with Crippen LogP contribution in [0.3, 0.4) is 0 Å². The third kappa shape index (κ3) is 3.65. The first-order valence-corrected chi connectivity index (χ1v) is 5.93. The number of nitrogens with two attached hydrogens (primary N) is 1. The Hall–Kier alpha value is -0.800. The fraction of sp³-hybridized carbons (Fsp3) is 0.583. The lowest BCUT2D eigenvalue weighted by Crippen LogP contribution is -2.44. The molecule has 3 N–H and O–H groups in total. The van der Waals surface area contributed by atoms with E-state index in [0.29, 0.717) is 23.3 Å². The molecule has 0 saturated carbocycles. The van der Waals surface area contributed by atoms with Crippen molar-refractivity contribution in [1.82, 2.24) is 4.98 Å². The normalized spacial score (nSPS) is 14.9. The van der Waals surface area contributed by atoms with E-state index < -0.39 is 0 Å². The summed E-state index contributed by atoms with van der Waals surface area (Å²) >= 11 is 6.06. The van der Waals surface area contributed by atoms with Gasteiger partial charge in [-0.15, -0.1) is 0 Å². The third-order valence-corrected chi connectivity index (χ3v) is 2.79. The molecular formula is C12H20ClN3. The van der Waals surface area contributed by atoms with Crippen LogP contribution in [-0.2, 0) is 0 Å². The van der Waals surface area contributed by atoms with E-state index >= 15 is 0 Å². The van der Waals surface area contributed by atoms with Crippen molar-refractivity contribution in [3.05, 3.63) is 23.4 Å². The molecule has 1 unspecified atom stereocenters. The van der Waals surface area contributed by atoms with Gasteiger partial charge in [-0.05, 0) is 31.4 Å². The Morgan fingerprint density at radius 2 is 2.25 bits per heavy atom. The van der Waals surface area contributed by atoms with E-state index in [1.54, 1.807) is 6.20 Å². The maximum atomic E-state index is 6.06. The van der Waals surface area contributed by atoms with E-state index in [1.807, 2.05) is 12.1 Å². The van der Waals surface area contributed by atoms with Crippen molar-refractivity contribution in [2.24, 2.45) is 11.7 Å². The largest absolute Gasteiger partial charge is 0.362 e. The van der Waals surface area contributed by atoms with E-state index in [-0.39, 0.29) is 5.54 Å². The summed E-state index contributed by atoms with van der Waals surface area (Å²) in [6, 6.07) is 3.64. The Kier molecular flexibility index (Phi) is 4.56. The van der Waals surface area contributed by atoms with Gasteiger partial charge in [-0.1, -0.05) is 25.4 Å².